The number of hydrogen-bond acceptors (Lipinski definition) is 7. The van der Waals surface area contributed by atoms with Gasteiger partial charge in [0.05, 0.1) is 10.5 Å². The van der Waals surface area contributed by atoms with E-state index in [0.29, 0.717) is 26.3 Å². The maximum Gasteiger partial charge on any atom is 0.267 e. The number of fused-ring (bicyclic) bond motifs is 1. The Kier molecular flexibility index (Phi) is 6.18. The number of anilines is 1. The number of thiocarbonyl (C=S) groups is 1. The number of amides is 1. The second-order valence-electron chi connectivity index (χ2n) is 8.14. The minimum absolute atomic E-state index is 0.0222. The van der Waals surface area contributed by atoms with Crippen molar-refractivity contribution in [3.05, 3.63) is 44.7 Å². The van der Waals surface area contributed by atoms with Crippen LogP contribution in [0.5, 0.6) is 0 Å². The van der Waals surface area contributed by atoms with Gasteiger partial charge in [0.25, 0.3) is 11.5 Å². The Morgan fingerprint density at radius 1 is 1.26 bits per heavy atom. The predicted molar refractivity (Wildman–Crippen MR) is 131 cm³/mol. The van der Waals surface area contributed by atoms with Crippen molar-refractivity contribution < 1.29 is 4.79 Å². The molecule has 0 bridgehead atoms. The van der Waals surface area contributed by atoms with E-state index in [1.165, 1.54) is 11.8 Å². The summed E-state index contributed by atoms with van der Waals surface area (Å²) in [5.74, 6) is 0.503. The van der Waals surface area contributed by atoms with Crippen LogP contribution in [-0.2, 0) is 4.79 Å². The third-order valence-corrected chi connectivity index (χ3v) is 7.33. The molecule has 1 unspecified atom stereocenters. The van der Waals surface area contributed by atoms with Crippen molar-refractivity contribution >= 4 is 51.7 Å². The summed E-state index contributed by atoms with van der Waals surface area (Å²) in [6, 6.07) is 3.81. The summed E-state index contributed by atoms with van der Waals surface area (Å²) in [5, 5.41) is 0. The monoisotopic (exact) mass is 457 g/mol. The summed E-state index contributed by atoms with van der Waals surface area (Å²) >= 11 is 6.72. The van der Waals surface area contributed by atoms with Crippen LogP contribution in [0.4, 0.5) is 5.82 Å². The summed E-state index contributed by atoms with van der Waals surface area (Å²) in [6.07, 6.45) is 4.23. The molecule has 0 N–H and O–H groups in total. The summed E-state index contributed by atoms with van der Waals surface area (Å²) in [7, 11) is 2.09. The molecule has 2 aliphatic rings. The van der Waals surface area contributed by atoms with Gasteiger partial charge in [-0.15, -0.1) is 0 Å². The van der Waals surface area contributed by atoms with Gasteiger partial charge in [-0.1, -0.05) is 37.0 Å². The fourth-order valence-corrected chi connectivity index (χ4v) is 5.30. The van der Waals surface area contributed by atoms with Crippen molar-refractivity contribution in [1.29, 1.82) is 0 Å². The Balaban J connectivity index is 1.87. The quantitative estimate of drug-likeness (QED) is 0.517. The number of nitrogens with zero attached hydrogens (tertiary/aromatic N) is 5. The van der Waals surface area contributed by atoms with Gasteiger partial charge in [-0.05, 0) is 45.0 Å². The number of rotatable bonds is 4. The summed E-state index contributed by atoms with van der Waals surface area (Å²) in [4.78, 5) is 38.0. The summed E-state index contributed by atoms with van der Waals surface area (Å²) in [5.41, 5.74) is 1.85. The zero-order chi connectivity index (χ0) is 22.3. The first-order chi connectivity index (χ1) is 14.8. The normalized spacial score (nSPS) is 20.3. The number of thioether (sulfide) groups is 1. The maximum atomic E-state index is 13.5. The van der Waals surface area contributed by atoms with Gasteiger partial charge >= 0.3 is 0 Å². The molecule has 0 radical (unpaired) electrons. The van der Waals surface area contributed by atoms with E-state index in [1.807, 2.05) is 32.9 Å². The Morgan fingerprint density at radius 2 is 1.97 bits per heavy atom. The fraction of sp³-hybridized carbons (Fsp3) is 0.455. The van der Waals surface area contributed by atoms with E-state index >= 15 is 0 Å². The first-order valence-corrected chi connectivity index (χ1v) is 11.8. The second-order valence-corrected chi connectivity index (χ2v) is 9.81. The predicted octanol–water partition coefficient (Wildman–Crippen LogP) is 2.75. The summed E-state index contributed by atoms with van der Waals surface area (Å²) in [6.45, 7) is 9.31. The minimum atomic E-state index is -0.170. The third kappa shape index (κ3) is 4.02. The highest BCUT2D eigenvalue weighted by atomic mass is 32.2. The van der Waals surface area contributed by atoms with Gasteiger partial charge in [0.2, 0.25) is 0 Å². The van der Waals surface area contributed by atoms with Crippen LogP contribution in [0.25, 0.3) is 11.7 Å². The van der Waals surface area contributed by atoms with E-state index in [2.05, 4.69) is 16.8 Å². The first-order valence-electron chi connectivity index (χ1n) is 10.5. The molecule has 1 amide bonds. The fourth-order valence-electron chi connectivity index (χ4n) is 3.86. The van der Waals surface area contributed by atoms with Crippen molar-refractivity contribution in [1.82, 2.24) is 19.2 Å². The second kappa shape index (κ2) is 8.72. The lowest BCUT2D eigenvalue weighted by atomic mass is 10.2. The first kappa shape index (κ1) is 22.0. The molecule has 4 rings (SSSR count). The van der Waals surface area contributed by atoms with Crippen LogP contribution < -0.4 is 10.5 Å². The van der Waals surface area contributed by atoms with Gasteiger partial charge in [0, 0.05) is 38.4 Å². The van der Waals surface area contributed by atoms with Crippen LogP contribution in [0, 0.1) is 6.92 Å². The molecule has 164 valence electrons. The molecule has 0 aromatic carbocycles. The molecule has 4 heterocycles. The van der Waals surface area contributed by atoms with E-state index < -0.39 is 0 Å². The van der Waals surface area contributed by atoms with Crippen LogP contribution in [0.3, 0.4) is 0 Å². The lowest BCUT2D eigenvalue weighted by Crippen LogP contribution is -2.45. The standard InChI is InChI=1S/C22H27N5O2S2/c1-5-15(3)27-21(29)17(31-22(27)30)13-16-19(25-11-9-24(4)10-12-25)23-18-14(2)7-6-8-26(18)20(16)28/h6-8,13,15H,5,9-12H2,1-4H3/b17-13+. The van der Waals surface area contributed by atoms with Crippen LogP contribution in [0.15, 0.2) is 28.0 Å². The van der Waals surface area contributed by atoms with E-state index in [0.717, 1.165) is 38.2 Å². The Morgan fingerprint density at radius 3 is 2.65 bits per heavy atom. The molecule has 2 aromatic rings. The summed E-state index contributed by atoms with van der Waals surface area (Å²) < 4.78 is 2.10. The smallest absolute Gasteiger partial charge is 0.267 e. The van der Waals surface area contributed by atoms with Gasteiger partial charge in [0.1, 0.15) is 15.8 Å². The average molecular weight is 458 g/mol. The van der Waals surface area contributed by atoms with Crippen molar-refractivity contribution in [3.8, 4) is 0 Å². The number of piperazine rings is 1. The number of pyridine rings is 1. The third-order valence-electron chi connectivity index (χ3n) is 6.00. The molecule has 2 fully saturated rings. The van der Waals surface area contributed by atoms with Crippen molar-refractivity contribution in [3.63, 3.8) is 0 Å². The van der Waals surface area contributed by atoms with Gasteiger partial charge in [-0.2, -0.15) is 0 Å². The number of carbonyl (C=O) groups is 1. The lowest BCUT2D eigenvalue weighted by molar-refractivity contribution is -0.123. The highest BCUT2D eigenvalue weighted by molar-refractivity contribution is 8.26. The molecule has 0 aliphatic carbocycles. The van der Waals surface area contributed by atoms with Gasteiger partial charge in [-0.25, -0.2) is 4.98 Å². The number of likely N-dealkylation sites (N-methyl/N-ethyl adjacent to an activating group) is 1. The molecule has 9 heteroatoms. The van der Waals surface area contributed by atoms with Crippen LogP contribution in [-0.4, -0.2) is 68.7 Å². The molecule has 2 aromatic heterocycles. The Bertz CT molecular complexity index is 1130. The van der Waals surface area contributed by atoms with Gasteiger partial charge in [0.15, 0.2) is 0 Å². The van der Waals surface area contributed by atoms with E-state index in [9.17, 15) is 9.59 Å². The van der Waals surface area contributed by atoms with Crippen molar-refractivity contribution in [2.75, 3.05) is 38.1 Å². The zero-order valence-corrected chi connectivity index (χ0v) is 19.9. The van der Waals surface area contributed by atoms with E-state index in [4.69, 9.17) is 17.2 Å². The molecule has 2 aliphatic heterocycles. The molecule has 1 atom stereocenters. The molecule has 2 saturated heterocycles. The number of carbonyl (C=O) groups excluding carboxylic acids is 1. The van der Waals surface area contributed by atoms with E-state index in [1.54, 1.807) is 21.6 Å². The molecular formula is C22H27N5O2S2. The topological polar surface area (TPSA) is 61.2 Å². The van der Waals surface area contributed by atoms with Crippen LogP contribution in [0.1, 0.15) is 31.4 Å². The SMILES string of the molecule is CCC(C)N1C(=O)/C(=C\c2c(N3CCN(C)CC3)nc3c(C)cccn3c2=O)SC1=S. The van der Waals surface area contributed by atoms with Crippen LogP contribution >= 0.6 is 24.0 Å². The lowest BCUT2D eigenvalue weighted by Gasteiger charge is -2.34. The highest BCUT2D eigenvalue weighted by Crippen LogP contribution is 2.35. The van der Waals surface area contributed by atoms with Gasteiger partial charge < -0.3 is 9.80 Å². The van der Waals surface area contributed by atoms with Crippen molar-refractivity contribution in [2.24, 2.45) is 0 Å². The zero-order valence-electron chi connectivity index (χ0n) is 18.3. The minimum Gasteiger partial charge on any atom is -0.353 e. The van der Waals surface area contributed by atoms with Crippen LogP contribution in [0.2, 0.25) is 0 Å². The molecule has 0 saturated carbocycles. The molecule has 7 nitrogen and oxygen atoms in total. The molecule has 31 heavy (non-hydrogen) atoms. The molecule has 0 spiro atoms. The van der Waals surface area contributed by atoms with E-state index in [-0.39, 0.29) is 17.5 Å². The number of aryl methyl sites for hydroxylation is 1. The largest absolute Gasteiger partial charge is 0.353 e. The Labute approximate surface area is 191 Å². The van der Waals surface area contributed by atoms with Crippen molar-refractivity contribution in [2.45, 2.75) is 33.2 Å². The maximum absolute atomic E-state index is 13.5. The average Bonchev–Trinajstić information content (AvgIpc) is 3.03. The highest BCUT2D eigenvalue weighted by Gasteiger charge is 2.35. The Hall–Kier alpha value is -2.23. The number of aromatic nitrogens is 2. The molecular weight excluding hydrogens is 430 g/mol. The number of hydrogen-bond donors (Lipinski definition) is 0. The van der Waals surface area contributed by atoms with Gasteiger partial charge in [-0.3, -0.25) is 18.9 Å².